The first kappa shape index (κ1) is 16.7. The Morgan fingerprint density at radius 1 is 1.50 bits per heavy atom. The number of halogens is 1. The van der Waals surface area contributed by atoms with Crippen molar-refractivity contribution in [3.63, 3.8) is 0 Å². The van der Waals surface area contributed by atoms with Crippen LogP contribution in [0.15, 0.2) is 40.5 Å². The van der Waals surface area contributed by atoms with Crippen LogP contribution in [0.25, 0.3) is 16.7 Å². The number of rotatable bonds is 4. The number of ketones is 1. The number of benzene rings is 1. The van der Waals surface area contributed by atoms with E-state index in [0.717, 1.165) is 22.2 Å². The van der Waals surface area contributed by atoms with Crippen LogP contribution in [0.4, 0.5) is 4.39 Å². The molecule has 0 saturated carbocycles. The van der Waals surface area contributed by atoms with Crippen LogP contribution < -0.4 is 10.2 Å². The number of allylic oxidation sites excluding steroid dienone is 1. The molecule has 0 bridgehead atoms. The predicted molar refractivity (Wildman–Crippen MR) is 88.6 cm³/mol. The van der Waals surface area contributed by atoms with Crippen molar-refractivity contribution in [2.24, 2.45) is 0 Å². The highest BCUT2D eigenvalue weighted by molar-refractivity contribution is 8.06. The molecule has 124 valence electrons. The molecule has 9 heteroatoms. The molecule has 0 aliphatic carbocycles. The summed E-state index contributed by atoms with van der Waals surface area (Å²) < 4.78 is 25.7. The molecular formula is C15H12FN2O4PS. The van der Waals surface area contributed by atoms with Gasteiger partial charge in [0.1, 0.15) is 10.8 Å². The molecule has 1 atom stereocenters. The molecule has 0 radical (unpaired) electrons. The zero-order chi connectivity index (χ0) is 17.4. The number of hydrogen-bond donors (Lipinski definition) is 2. The molecule has 0 saturated heterocycles. The number of nitrogens with one attached hydrogen (secondary N) is 1. The van der Waals surface area contributed by atoms with Gasteiger partial charge in [-0.2, -0.15) is 0 Å². The normalized spacial score (nSPS) is 16.8. The van der Waals surface area contributed by atoms with E-state index in [1.165, 1.54) is 18.3 Å². The molecule has 1 unspecified atom stereocenters. The van der Waals surface area contributed by atoms with Crippen LogP contribution in [0, 0.1) is 5.82 Å². The van der Waals surface area contributed by atoms with E-state index in [-0.39, 0.29) is 22.6 Å². The summed E-state index contributed by atoms with van der Waals surface area (Å²) >= 11 is 1.13. The Morgan fingerprint density at radius 2 is 2.25 bits per heavy atom. The third-order valence-corrected chi connectivity index (χ3v) is 5.13. The second kappa shape index (κ2) is 6.39. The van der Waals surface area contributed by atoms with Crippen molar-refractivity contribution in [1.29, 1.82) is 0 Å². The molecule has 1 aliphatic heterocycles. The smallest absolute Gasteiger partial charge is 0.444 e. The van der Waals surface area contributed by atoms with Gasteiger partial charge < -0.3 is 15.3 Å². The monoisotopic (exact) mass is 366 g/mol. The number of nitrogens with zero attached hydrogens (tertiary/aromatic N) is 1. The average Bonchev–Trinajstić information content (AvgIpc) is 3.18. The van der Waals surface area contributed by atoms with Crippen LogP contribution in [0.1, 0.15) is 18.9 Å². The lowest BCUT2D eigenvalue weighted by Crippen LogP contribution is -2.14. The highest BCUT2D eigenvalue weighted by atomic mass is 32.2. The Hall–Kier alpha value is -2.15. The van der Waals surface area contributed by atoms with Crippen LogP contribution in [0.2, 0.25) is 0 Å². The number of aromatic nitrogens is 1. The van der Waals surface area contributed by atoms with Crippen LogP contribution in [-0.2, 0) is 9.36 Å². The first-order valence-electron chi connectivity index (χ1n) is 6.98. The van der Waals surface area contributed by atoms with Gasteiger partial charge in [0.25, 0.3) is 0 Å². The maximum atomic E-state index is 13.4. The highest BCUT2D eigenvalue weighted by Crippen LogP contribution is 2.36. The van der Waals surface area contributed by atoms with E-state index in [1.54, 1.807) is 12.3 Å². The van der Waals surface area contributed by atoms with E-state index in [1.807, 2.05) is 0 Å². The van der Waals surface area contributed by atoms with Crippen molar-refractivity contribution in [1.82, 2.24) is 9.65 Å². The number of carbonyl (C=O) groups is 1. The topological polar surface area (TPSA) is 94.4 Å². The molecular weight excluding hydrogens is 354 g/mol. The molecule has 1 aromatic carbocycles. The fourth-order valence-corrected chi connectivity index (χ4v) is 3.74. The van der Waals surface area contributed by atoms with Gasteiger partial charge in [-0.05, 0) is 16.7 Å². The van der Waals surface area contributed by atoms with Crippen molar-refractivity contribution in [3.8, 4) is 0 Å². The summed E-state index contributed by atoms with van der Waals surface area (Å²) in [7, 11) is -3.02. The van der Waals surface area contributed by atoms with Crippen molar-refractivity contribution >= 4 is 42.4 Å². The Morgan fingerprint density at radius 3 is 2.92 bits per heavy atom. The average molecular weight is 366 g/mol. The largest absolute Gasteiger partial charge is 0.573 e. The lowest BCUT2D eigenvalue weighted by atomic mass is 10.1. The molecule has 2 heterocycles. The second-order valence-electron chi connectivity index (χ2n) is 5.02. The van der Waals surface area contributed by atoms with Gasteiger partial charge in [-0.1, -0.05) is 18.7 Å². The van der Waals surface area contributed by atoms with E-state index in [4.69, 9.17) is 0 Å². The molecule has 0 amide bonds. The van der Waals surface area contributed by atoms with Gasteiger partial charge in [-0.25, -0.2) is 4.39 Å². The number of fused-ring (bicyclic) bond motifs is 1. The van der Waals surface area contributed by atoms with Gasteiger partial charge in [0.15, 0.2) is 11.5 Å². The van der Waals surface area contributed by atoms with Gasteiger partial charge in [0.05, 0.1) is 17.4 Å². The molecule has 1 aromatic heterocycles. The van der Waals surface area contributed by atoms with Crippen LogP contribution in [0.3, 0.4) is 0 Å². The minimum atomic E-state index is -3.02. The Bertz CT molecular complexity index is 935. The summed E-state index contributed by atoms with van der Waals surface area (Å²) in [4.78, 5) is 23.1. The molecule has 3 rings (SSSR count). The second-order valence-corrected chi connectivity index (χ2v) is 6.80. The first-order chi connectivity index (χ1) is 11.4. The fraction of sp³-hybridized carbons (Fsp3) is 0.133. The quantitative estimate of drug-likeness (QED) is 0.638. The summed E-state index contributed by atoms with van der Waals surface area (Å²) in [5.74, 6) is -0.886. The van der Waals surface area contributed by atoms with Gasteiger partial charge in [-0.15, -0.1) is 4.34 Å². The Labute approximate surface area is 141 Å². The van der Waals surface area contributed by atoms with E-state index in [2.05, 4.69) is 5.32 Å². The number of thioether (sulfide) groups is 1. The lowest BCUT2D eigenvalue weighted by Gasteiger charge is -2.05. The maximum Gasteiger partial charge on any atom is 0.444 e. The molecule has 24 heavy (non-hydrogen) atoms. The standard InChI is InChI=1S/C15H12FN2O4PS/c1-2-13(19)11-7-24-15(17-11)14(20)10-6-18(23(21)22)12-5-8(16)3-4-9(10)12/h3-7,17,20H,2H2,1H3. The van der Waals surface area contributed by atoms with Crippen molar-refractivity contribution in [2.45, 2.75) is 13.3 Å². The number of aliphatic hydroxyl groups is 1. The summed E-state index contributed by atoms with van der Waals surface area (Å²) in [5.41, 5.74) is 0.737. The number of aliphatic hydroxyl groups excluding tert-OH is 1. The van der Waals surface area contributed by atoms with Crippen molar-refractivity contribution in [2.75, 3.05) is 0 Å². The molecule has 2 N–H and O–H groups in total. The molecule has 0 spiro atoms. The lowest BCUT2D eigenvalue weighted by molar-refractivity contribution is -0.166. The summed E-state index contributed by atoms with van der Waals surface area (Å²) in [6, 6.07) is 3.67. The van der Waals surface area contributed by atoms with E-state index in [0.29, 0.717) is 22.5 Å². The number of hydrogen-bond acceptors (Lipinski definition) is 6. The SMILES string of the molecule is CCC(=O)C1=CSC(=C(O)c2cn([P+](=O)[O-])c3cc(F)ccc23)N1. The zero-order valence-corrected chi connectivity index (χ0v) is 14.2. The van der Waals surface area contributed by atoms with Crippen LogP contribution in [-0.4, -0.2) is 15.2 Å². The molecule has 0 fully saturated rings. The van der Waals surface area contributed by atoms with Gasteiger partial charge >= 0.3 is 8.18 Å². The Kier molecular flexibility index (Phi) is 4.45. The minimum Gasteiger partial charge on any atom is -0.573 e. The van der Waals surface area contributed by atoms with E-state index < -0.39 is 14.0 Å². The fourth-order valence-electron chi connectivity index (χ4n) is 2.37. The predicted octanol–water partition coefficient (Wildman–Crippen LogP) is 2.99. The van der Waals surface area contributed by atoms with Crippen molar-refractivity contribution < 1.29 is 23.7 Å². The van der Waals surface area contributed by atoms with Crippen LogP contribution in [0.5, 0.6) is 0 Å². The van der Waals surface area contributed by atoms with Gasteiger partial charge in [-0.3, -0.25) is 4.79 Å². The molecule has 1 aliphatic rings. The summed E-state index contributed by atoms with van der Waals surface area (Å²) in [6.07, 6.45) is 1.54. The number of carbonyl (C=O) groups excluding carboxylic acids is 1. The van der Waals surface area contributed by atoms with E-state index >= 15 is 0 Å². The minimum absolute atomic E-state index is 0.0996. The van der Waals surface area contributed by atoms with Crippen LogP contribution >= 0.6 is 19.9 Å². The summed E-state index contributed by atoms with van der Waals surface area (Å²) in [6.45, 7) is 1.73. The molecule has 6 nitrogen and oxygen atoms in total. The first-order valence-corrected chi connectivity index (χ1v) is 8.99. The Balaban J connectivity index is 2.09. The third kappa shape index (κ3) is 2.84. The zero-order valence-electron chi connectivity index (χ0n) is 12.4. The third-order valence-electron chi connectivity index (χ3n) is 3.56. The van der Waals surface area contributed by atoms with Gasteiger partial charge in [0, 0.05) is 28.8 Å². The molecule has 2 aromatic rings. The van der Waals surface area contributed by atoms with Crippen molar-refractivity contribution in [3.05, 3.63) is 51.9 Å². The maximum absolute atomic E-state index is 13.4. The van der Waals surface area contributed by atoms with E-state index in [9.17, 15) is 23.7 Å². The van der Waals surface area contributed by atoms with Gasteiger partial charge in [0.2, 0.25) is 0 Å². The summed E-state index contributed by atoms with van der Waals surface area (Å²) in [5, 5.41) is 15.6. The highest BCUT2D eigenvalue weighted by Gasteiger charge is 2.24. The number of Topliss-reactive ketones (excluding diaryl/α,β-unsaturated/α-hetero) is 1.